The lowest BCUT2D eigenvalue weighted by Crippen LogP contribution is -2.47. The zero-order valence-electron chi connectivity index (χ0n) is 11.6. The molecule has 20 heavy (non-hydrogen) atoms. The second-order valence-corrected chi connectivity index (χ2v) is 5.86. The van der Waals surface area contributed by atoms with Crippen LogP contribution in [0.3, 0.4) is 0 Å². The number of hydrogen-bond acceptors (Lipinski definition) is 3. The fourth-order valence-electron chi connectivity index (χ4n) is 1.76. The number of fused-ring (bicyclic) bond motifs is 1. The van der Waals surface area contributed by atoms with Gasteiger partial charge in [-0.05, 0) is 12.1 Å². The number of rotatable bonds is 1. The summed E-state index contributed by atoms with van der Waals surface area (Å²) in [7, 11) is 0. The first-order chi connectivity index (χ1) is 8.96. The maximum Gasteiger partial charge on any atom is 0.455 e. The van der Waals surface area contributed by atoms with Gasteiger partial charge in [0.15, 0.2) is 11.5 Å². The third-order valence-electron chi connectivity index (χ3n) is 3.44. The summed E-state index contributed by atoms with van der Waals surface area (Å²) >= 11 is 0. The first-order valence-corrected chi connectivity index (χ1v) is 6.08. The maximum absolute atomic E-state index is 12.6. The Morgan fingerprint density at radius 2 is 1.75 bits per heavy atom. The van der Waals surface area contributed by atoms with E-state index in [0.717, 1.165) is 6.07 Å². The van der Waals surface area contributed by atoms with E-state index in [1.165, 1.54) is 12.1 Å². The number of ketones is 1. The molecule has 110 valence electrons. The van der Waals surface area contributed by atoms with Crippen LogP contribution >= 0.6 is 0 Å². The van der Waals surface area contributed by atoms with Crippen LogP contribution in [0.25, 0.3) is 0 Å². The zero-order valence-corrected chi connectivity index (χ0v) is 11.6. The Hall–Kier alpha value is -1.72. The normalized spacial score (nSPS) is 21.9. The van der Waals surface area contributed by atoms with Crippen molar-refractivity contribution < 1.29 is 27.4 Å². The highest BCUT2D eigenvalue weighted by atomic mass is 19.4. The molecule has 1 aromatic carbocycles. The standard InChI is InChI=1S/C14H15F3O3/c1-12(2,3)13(4)19-9-7-5-6-8(10(9)20-13)11(18)14(15,16)17/h5-7H,1-4H3/t13-/m1/s1. The van der Waals surface area contributed by atoms with Crippen LogP contribution in [-0.4, -0.2) is 17.7 Å². The van der Waals surface area contributed by atoms with Gasteiger partial charge in [0.05, 0.1) is 5.56 Å². The Labute approximate surface area is 114 Å². The van der Waals surface area contributed by atoms with Crippen molar-refractivity contribution in [2.24, 2.45) is 5.41 Å². The summed E-state index contributed by atoms with van der Waals surface area (Å²) in [4.78, 5) is 11.4. The van der Waals surface area contributed by atoms with Crippen molar-refractivity contribution in [3.8, 4) is 11.5 Å². The topological polar surface area (TPSA) is 35.5 Å². The number of alkyl halides is 3. The molecule has 0 unspecified atom stereocenters. The van der Waals surface area contributed by atoms with E-state index in [9.17, 15) is 18.0 Å². The largest absolute Gasteiger partial charge is 0.455 e. The molecule has 0 saturated heterocycles. The molecule has 3 nitrogen and oxygen atoms in total. The number of benzene rings is 1. The smallest absolute Gasteiger partial charge is 0.448 e. The van der Waals surface area contributed by atoms with Gasteiger partial charge in [0.2, 0.25) is 0 Å². The molecule has 0 spiro atoms. The van der Waals surface area contributed by atoms with Crippen LogP contribution in [0.2, 0.25) is 0 Å². The molecule has 6 heteroatoms. The molecule has 0 fully saturated rings. The van der Waals surface area contributed by atoms with Crippen molar-refractivity contribution in [3.05, 3.63) is 23.8 Å². The fraction of sp³-hybridized carbons (Fsp3) is 0.500. The lowest BCUT2D eigenvalue weighted by molar-refractivity contribution is -0.143. The summed E-state index contributed by atoms with van der Waals surface area (Å²) in [6.07, 6.45) is -4.95. The molecule has 0 aromatic heterocycles. The van der Waals surface area contributed by atoms with Crippen LogP contribution < -0.4 is 9.47 Å². The van der Waals surface area contributed by atoms with E-state index >= 15 is 0 Å². The van der Waals surface area contributed by atoms with Crippen LogP contribution in [0.15, 0.2) is 18.2 Å². The summed E-state index contributed by atoms with van der Waals surface area (Å²) in [5, 5.41) is 0. The Bertz CT molecular complexity index is 558. The van der Waals surface area contributed by atoms with Crippen LogP contribution in [-0.2, 0) is 0 Å². The quantitative estimate of drug-likeness (QED) is 0.734. The molecule has 1 aromatic rings. The number of carbonyl (C=O) groups excluding carboxylic acids is 1. The van der Waals surface area contributed by atoms with Gasteiger partial charge >= 0.3 is 6.18 Å². The lowest BCUT2D eigenvalue weighted by Gasteiger charge is -2.35. The number of hydrogen-bond donors (Lipinski definition) is 0. The van der Waals surface area contributed by atoms with E-state index in [0.29, 0.717) is 0 Å². The molecular formula is C14H15F3O3. The third-order valence-corrected chi connectivity index (χ3v) is 3.44. The van der Waals surface area contributed by atoms with Crippen molar-refractivity contribution in [1.29, 1.82) is 0 Å². The van der Waals surface area contributed by atoms with Crippen molar-refractivity contribution in [3.63, 3.8) is 0 Å². The van der Waals surface area contributed by atoms with Crippen molar-refractivity contribution >= 4 is 5.78 Å². The Balaban J connectivity index is 2.47. The monoisotopic (exact) mass is 288 g/mol. The van der Waals surface area contributed by atoms with Gasteiger partial charge in [-0.25, -0.2) is 0 Å². The van der Waals surface area contributed by atoms with Gasteiger partial charge in [-0.1, -0.05) is 26.8 Å². The first-order valence-electron chi connectivity index (χ1n) is 6.08. The number of halogens is 3. The number of para-hydroxylation sites is 1. The van der Waals surface area contributed by atoms with Gasteiger partial charge in [0.25, 0.3) is 11.6 Å². The predicted molar refractivity (Wildman–Crippen MR) is 65.9 cm³/mol. The second kappa shape index (κ2) is 4.14. The molecule has 1 aliphatic heterocycles. The number of Topliss-reactive ketones (excluding diaryl/α,β-unsaturated/α-hetero) is 1. The van der Waals surface area contributed by atoms with Crippen molar-refractivity contribution in [1.82, 2.24) is 0 Å². The van der Waals surface area contributed by atoms with Crippen molar-refractivity contribution in [2.45, 2.75) is 39.7 Å². The second-order valence-electron chi connectivity index (χ2n) is 5.86. The summed E-state index contributed by atoms with van der Waals surface area (Å²) < 4.78 is 48.9. The minimum absolute atomic E-state index is 0.146. The molecule has 2 rings (SSSR count). The molecule has 0 saturated carbocycles. The Kier molecular flexibility index (Phi) is 3.04. The number of ether oxygens (including phenoxy) is 2. The van der Waals surface area contributed by atoms with Crippen LogP contribution in [0, 0.1) is 5.41 Å². The molecule has 1 atom stereocenters. The van der Waals surface area contributed by atoms with E-state index in [2.05, 4.69) is 0 Å². The lowest BCUT2D eigenvalue weighted by atomic mass is 9.87. The van der Waals surface area contributed by atoms with Gasteiger partial charge in [0, 0.05) is 12.3 Å². The van der Waals surface area contributed by atoms with E-state index in [1.807, 2.05) is 20.8 Å². The highest BCUT2D eigenvalue weighted by molar-refractivity contribution is 6.03. The average Bonchev–Trinajstić information content (AvgIpc) is 2.63. The zero-order chi connectivity index (χ0) is 15.3. The van der Waals surface area contributed by atoms with Crippen LogP contribution in [0.5, 0.6) is 11.5 Å². The van der Waals surface area contributed by atoms with Gasteiger partial charge < -0.3 is 9.47 Å². The van der Waals surface area contributed by atoms with E-state index < -0.39 is 28.7 Å². The summed E-state index contributed by atoms with van der Waals surface area (Å²) in [5.41, 5.74) is -1.01. The fourth-order valence-corrected chi connectivity index (χ4v) is 1.76. The van der Waals surface area contributed by atoms with Gasteiger partial charge in [0.1, 0.15) is 0 Å². The van der Waals surface area contributed by atoms with Gasteiger partial charge in [-0.3, -0.25) is 4.79 Å². The summed E-state index contributed by atoms with van der Waals surface area (Å²) in [5.74, 6) is -3.06. The van der Waals surface area contributed by atoms with E-state index in [1.54, 1.807) is 6.92 Å². The SMILES string of the molecule is CC(C)(C)[C@]1(C)Oc2cccc(C(=O)C(F)(F)F)c2O1. The third kappa shape index (κ3) is 2.23. The maximum atomic E-state index is 12.6. The minimum Gasteiger partial charge on any atom is -0.448 e. The van der Waals surface area contributed by atoms with Gasteiger partial charge in [-0.15, -0.1) is 0 Å². The highest BCUT2D eigenvalue weighted by Crippen LogP contribution is 2.48. The minimum atomic E-state index is -4.95. The molecule has 0 aliphatic carbocycles. The highest BCUT2D eigenvalue weighted by Gasteiger charge is 2.50. The van der Waals surface area contributed by atoms with Crippen LogP contribution in [0.4, 0.5) is 13.2 Å². The van der Waals surface area contributed by atoms with Crippen LogP contribution in [0.1, 0.15) is 38.1 Å². The molecular weight excluding hydrogens is 273 g/mol. The molecule has 1 aliphatic rings. The number of carbonyl (C=O) groups is 1. The summed E-state index contributed by atoms with van der Waals surface area (Å²) in [6, 6.07) is 3.92. The Morgan fingerprint density at radius 3 is 2.25 bits per heavy atom. The van der Waals surface area contributed by atoms with E-state index in [4.69, 9.17) is 9.47 Å². The Morgan fingerprint density at radius 1 is 1.15 bits per heavy atom. The van der Waals surface area contributed by atoms with Crippen molar-refractivity contribution in [2.75, 3.05) is 0 Å². The van der Waals surface area contributed by atoms with E-state index in [-0.39, 0.29) is 11.5 Å². The molecule has 0 bridgehead atoms. The van der Waals surface area contributed by atoms with Gasteiger partial charge in [-0.2, -0.15) is 13.2 Å². The first kappa shape index (κ1) is 14.7. The average molecular weight is 288 g/mol. The molecule has 0 radical (unpaired) electrons. The molecule has 1 heterocycles. The summed E-state index contributed by atoms with van der Waals surface area (Å²) in [6.45, 7) is 7.15. The predicted octanol–water partition coefficient (Wildman–Crippen LogP) is 3.97. The molecule has 0 N–H and O–H groups in total. The molecule has 0 amide bonds.